The second-order valence-electron chi connectivity index (χ2n) is 8.04. The highest BCUT2D eigenvalue weighted by atomic mass is 79.9. The molecule has 2 aliphatic heterocycles. The van der Waals surface area contributed by atoms with Gasteiger partial charge in [0.25, 0.3) is 5.56 Å². The molecule has 4 N–H and O–H groups in total. The molecule has 0 aliphatic carbocycles. The fourth-order valence-electron chi connectivity index (χ4n) is 4.12. The molecule has 0 radical (unpaired) electrons. The number of nitrogens with one attached hydrogen (secondary N) is 2. The predicted molar refractivity (Wildman–Crippen MR) is 119 cm³/mol. The molecule has 2 aliphatic rings. The lowest BCUT2D eigenvalue weighted by Gasteiger charge is -2.53. The second kappa shape index (κ2) is 8.57. The first-order valence-electron chi connectivity index (χ1n) is 9.95. The minimum Gasteiger partial charge on any atom is -0.386 e. The zero-order chi connectivity index (χ0) is 21.5. The van der Waals surface area contributed by atoms with Crippen molar-refractivity contribution in [2.45, 2.75) is 37.1 Å². The zero-order valence-corrected chi connectivity index (χ0v) is 18.9. The Morgan fingerprint density at radius 1 is 1.33 bits per heavy atom. The van der Waals surface area contributed by atoms with E-state index < -0.39 is 11.8 Å². The Hall–Kier alpha value is -1.49. The third-order valence-electron chi connectivity index (χ3n) is 5.82. The van der Waals surface area contributed by atoms with Crippen LogP contribution < -0.4 is 16.2 Å². The third-order valence-corrected chi connectivity index (χ3v) is 6.63. The van der Waals surface area contributed by atoms with E-state index in [-0.39, 0.29) is 11.6 Å². The highest BCUT2D eigenvalue weighted by Gasteiger charge is 2.50. The van der Waals surface area contributed by atoms with Crippen molar-refractivity contribution in [2.24, 2.45) is 7.05 Å². The van der Waals surface area contributed by atoms with Gasteiger partial charge in [0.15, 0.2) is 6.23 Å². The van der Waals surface area contributed by atoms with Gasteiger partial charge in [-0.05, 0) is 37.6 Å². The lowest BCUT2D eigenvalue weighted by molar-refractivity contribution is -0.180. The van der Waals surface area contributed by atoms with E-state index in [0.29, 0.717) is 35.2 Å². The van der Waals surface area contributed by atoms with Crippen LogP contribution in [0.1, 0.15) is 31.2 Å². The number of aliphatic hydroxyl groups excluding tert-OH is 1. The normalized spacial score (nSPS) is 22.4. The van der Waals surface area contributed by atoms with Crippen molar-refractivity contribution in [3.63, 3.8) is 0 Å². The first kappa shape index (κ1) is 21.7. The van der Waals surface area contributed by atoms with Gasteiger partial charge in [0, 0.05) is 36.7 Å². The molecule has 1 aromatic carbocycles. The number of aryl methyl sites for hydroxylation is 1. The number of aliphatic hydroxyl groups is 2. The number of piperidine rings is 1. The van der Waals surface area contributed by atoms with Crippen LogP contribution in [-0.2, 0) is 7.05 Å². The van der Waals surface area contributed by atoms with E-state index in [4.69, 9.17) is 11.6 Å². The summed E-state index contributed by atoms with van der Waals surface area (Å²) in [6.45, 7) is 1.56. The van der Waals surface area contributed by atoms with Gasteiger partial charge < -0.3 is 20.8 Å². The SMILES string of the molecule is Cn1nc(C(O)N2CC(O)([C@@H]3CCCCN3)C2)c(Nc2ccc(Br)cc2Cl)cc1=O. The predicted octanol–water partition coefficient (Wildman–Crippen LogP) is 2.12. The molecule has 2 fully saturated rings. The largest absolute Gasteiger partial charge is 0.386 e. The van der Waals surface area contributed by atoms with E-state index in [0.717, 1.165) is 30.3 Å². The minimum absolute atomic E-state index is 0.0296. The number of rotatable bonds is 5. The Labute approximate surface area is 188 Å². The van der Waals surface area contributed by atoms with E-state index in [9.17, 15) is 15.0 Å². The fraction of sp³-hybridized carbons (Fsp3) is 0.500. The van der Waals surface area contributed by atoms with Crippen molar-refractivity contribution in [1.29, 1.82) is 0 Å². The van der Waals surface area contributed by atoms with Crippen LogP contribution in [-0.4, -0.2) is 56.2 Å². The number of benzene rings is 1. The number of hydrogen-bond acceptors (Lipinski definition) is 7. The average Bonchev–Trinajstić information content (AvgIpc) is 2.70. The standard InChI is InChI=1S/C20H25BrClN5O3/c1-26-17(28)9-15(24-14-6-5-12(21)8-13(14)22)18(25-26)19(29)27-10-20(30,11-27)16-4-2-3-7-23-16/h5-6,8-9,16,19,23-24,29-30H,2-4,7,10-11H2,1H3/t16-,19?/m0/s1. The summed E-state index contributed by atoms with van der Waals surface area (Å²) in [5, 5.41) is 33.2. The molecule has 4 rings (SSSR count). The van der Waals surface area contributed by atoms with Gasteiger partial charge in [-0.2, -0.15) is 5.10 Å². The smallest absolute Gasteiger partial charge is 0.268 e. The molecular formula is C20H25BrClN5O3. The van der Waals surface area contributed by atoms with Crippen LogP contribution in [0.4, 0.5) is 11.4 Å². The first-order valence-corrected chi connectivity index (χ1v) is 11.1. The Balaban J connectivity index is 1.56. The van der Waals surface area contributed by atoms with Gasteiger partial charge in [-0.1, -0.05) is 34.0 Å². The number of β-amino-alcohol motifs (C(OH)–C–C–N with tert-alkyl or cyclic N) is 1. The van der Waals surface area contributed by atoms with Crippen LogP contribution in [0.15, 0.2) is 33.5 Å². The molecule has 1 unspecified atom stereocenters. The number of nitrogens with zero attached hydrogens (tertiary/aromatic N) is 3. The second-order valence-corrected chi connectivity index (χ2v) is 9.36. The van der Waals surface area contributed by atoms with Gasteiger partial charge >= 0.3 is 0 Å². The lowest BCUT2D eigenvalue weighted by Crippen LogP contribution is -2.71. The zero-order valence-electron chi connectivity index (χ0n) is 16.6. The molecular weight excluding hydrogens is 474 g/mol. The van der Waals surface area contributed by atoms with Gasteiger partial charge in [-0.3, -0.25) is 9.69 Å². The van der Waals surface area contributed by atoms with Crippen LogP contribution in [0.3, 0.4) is 0 Å². The maximum absolute atomic E-state index is 12.2. The molecule has 0 saturated carbocycles. The van der Waals surface area contributed by atoms with Crippen LogP contribution in [0.2, 0.25) is 5.02 Å². The van der Waals surface area contributed by atoms with Crippen LogP contribution in [0.25, 0.3) is 0 Å². The first-order chi connectivity index (χ1) is 14.3. The lowest BCUT2D eigenvalue weighted by atomic mass is 9.81. The summed E-state index contributed by atoms with van der Waals surface area (Å²) in [6, 6.07) is 6.75. The molecule has 10 heteroatoms. The molecule has 2 atom stereocenters. The fourth-order valence-corrected chi connectivity index (χ4v) is 4.84. The van der Waals surface area contributed by atoms with Crippen LogP contribution in [0.5, 0.6) is 0 Å². The van der Waals surface area contributed by atoms with Gasteiger partial charge in [0.2, 0.25) is 0 Å². The maximum Gasteiger partial charge on any atom is 0.268 e. The van der Waals surface area contributed by atoms with Crippen molar-refractivity contribution >= 4 is 38.9 Å². The third kappa shape index (κ3) is 4.28. The summed E-state index contributed by atoms with van der Waals surface area (Å²) >= 11 is 9.66. The Morgan fingerprint density at radius 3 is 2.77 bits per heavy atom. The van der Waals surface area contributed by atoms with E-state index >= 15 is 0 Å². The van der Waals surface area contributed by atoms with E-state index in [2.05, 4.69) is 31.7 Å². The topological polar surface area (TPSA) is 103 Å². The summed E-state index contributed by atoms with van der Waals surface area (Å²) in [5.74, 6) is 0. The summed E-state index contributed by atoms with van der Waals surface area (Å²) in [5.41, 5.74) is 0.0869. The minimum atomic E-state index is -1.07. The summed E-state index contributed by atoms with van der Waals surface area (Å²) < 4.78 is 2.01. The van der Waals surface area contributed by atoms with Crippen molar-refractivity contribution in [3.05, 3.63) is 49.8 Å². The number of likely N-dealkylation sites (tertiary alicyclic amines) is 1. The Morgan fingerprint density at radius 2 is 2.10 bits per heavy atom. The molecule has 1 aromatic heterocycles. The monoisotopic (exact) mass is 497 g/mol. The van der Waals surface area contributed by atoms with Crippen molar-refractivity contribution in [2.75, 3.05) is 25.0 Å². The quantitative estimate of drug-likeness (QED) is 0.501. The molecule has 8 nitrogen and oxygen atoms in total. The Bertz CT molecular complexity index is 989. The van der Waals surface area contributed by atoms with Gasteiger partial charge in [0.05, 0.1) is 16.4 Å². The summed E-state index contributed by atoms with van der Waals surface area (Å²) in [6.07, 6.45) is 2.06. The van der Waals surface area contributed by atoms with E-state index in [1.165, 1.54) is 17.8 Å². The number of hydrogen-bond donors (Lipinski definition) is 4. The molecule has 30 heavy (non-hydrogen) atoms. The van der Waals surface area contributed by atoms with Crippen LogP contribution >= 0.6 is 27.5 Å². The van der Waals surface area contributed by atoms with Gasteiger partial charge in [-0.15, -0.1) is 0 Å². The van der Waals surface area contributed by atoms with Crippen LogP contribution in [0, 0.1) is 0 Å². The van der Waals surface area contributed by atoms with Crippen molar-refractivity contribution in [1.82, 2.24) is 20.0 Å². The Kier molecular flexibility index (Phi) is 6.20. The molecule has 2 aromatic rings. The summed E-state index contributed by atoms with van der Waals surface area (Å²) in [4.78, 5) is 13.9. The van der Waals surface area contributed by atoms with Gasteiger partial charge in [0.1, 0.15) is 11.3 Å². The molecule has 0 spiro atoms. The molecule has 2 saturated heterocycles. The van der Waals surface area contributed by atoms with Crippen molar-refractivity contribution in [3.8, 4) is 0 Å². The molecule has 162 valence electrons. The van der Waals surface area contributed by atoms with E-state index in [1.54, 1.807) is 17.0 Å². The summed E-state index contributed by atoms with van der Waals surface area (Å²) in [7, 11) is 1.54. The molecule has 0 bridgehead atoms. The molecule has 0 amide bonds. The highest BCUT2D eigenvalue weighted by Crippen LogP contribution is 2.36. The van der Waals surface area contributed by atoms with E-state index in [1.807, 2.05) is 6.07 Å². The number of aromatic nitrogens is 2. The maximum atomic E-state index is 12.2. The highest BCUT2D eigenvalue weighted by molar-refractivity contribution is 9.10. The number of halogens is 2. The average molecular weight is 499 g/mol. The van der Waals surface area contributed by atoms with Gasteiger partial charge in [-0.25, -0.2) is 4.68 Å². The molecule has 3 heterocycles. The number of anilines is 2. The van der Waals surface area contributed by atoms with Crippen molar-refractivity contribution < 1.29 is 10.2 Å².